The third-order valence-corrected chi connectivity index (χ3v) is 3.86. The average molecular weight is 289 g/mol. The van der Waals surface area contributed by atoms with Crippen molar-refractivity contribution in [1.29, 1.82) is 0 Å². The summed E-state index contributed by atoms with van der Waals surface area (Å²) < 4.78 is 4.79. The molecule has 5 heteroatoms. The van der Waals surface area contributed by atoms with E-state index in [4.69, 9.17) is 4.74 Å². The number of hydrogen-bond acceptors (Lipinski definition) is 4. The van der Waals surface area contributed by atoms with E-state index < -0.39 is 5.97 Å². The summed E-state index contributed by atoms with van der Waals surface area (Å²) >= 11 is 1.51. The highest BCUT2D eigenvalue weighted by Crippen LogP contribution is 2.32. The molecule has 0 aromatic carbocycles. The SMILES string of the molecule is C=CCN1C(=O)/C(=C\c2cccs2)C(C(=O)OC)=C1C. The number of nitrogens with zero attached hydrogens (tertiary/aromatic N) is 1. The average Bonchev–Trinajstić information content (AvgIpc) is 3.02. The number of rotatable bonds is 4. The monoisotopic (exact) mass is 289 g/mol. The smallest absolute Gasteiger partial charge is 0.340 e. The lowest BCUT2D eigenvalue weighted by molar-refractivity contribution is -0.136. The van der Waals surface area contributed by atoms with Gasteiger partial charge in [-0.3, -0.25) is 4.79 Å². The minimum Gasteiger partial charge on any atom is -0.465 e. The van der Waals surface area contributed by atoms with E-state index in [1.807, 2.05) is 17.5 Å². The highest BCUT2D eigenvalue weighted by atomic mass is 32.1. The zero-order valence-corrected chi connectivity index (χ0v) is 12.2. The lowest BCUT2D eigenvalue weighted by Crippen LogP contribution is -2.24. The molecule has 104 valence electrons. The first-order valence-corrected chi connectivity index (χ1v) is 6.95. The highest BCUT2D eigenvalue weighted by Gasteiger charge is 2.36. The molecule has 4 nitrogen and oxygen atoms in total. The van der Waals surface area contributed by atoms with Crippen LogP contribution in [0.15, 0.2) is 47.0 Å². The van der Waals surface area contributed by atoms with Crippen molar-refractivity contribution >= 4 is 29.3 Å². The first-order valence-electron chi connectivity index (χ1n) is 6.07. The van der Waals surface area contributed by atoms with Crippen LogP contribution in [0.1, 0.15) is 11.8 Å². The van der Waals surface area contributed by atoms with Gasteiger partial charge in [0.2, 0.25) is 0 Å². The van der Waals surface area contributed by atoms with Crippen LogP contribution in [-0.4, -0.2) is 30.4 Å². The lowest BCUT2D eigenvalue weighted by atomic mass is 10.1. The predicted molar refractivity (Wildman–Crippen MR) is 78.9 cm³/mol. The molecule has 2 rings (SSSR count). The largest absolute Gasteiger partial charge is 0.465 e. The molecule has 0 saturated carbocycles. The van der Waals surface area contributed by atoms with Crippen LogP contribution >= 0.6 is 11.3 Å². The molecule has 1 aromatic heterocycles. The molecule has 0 bridgehead atoms. The molecule has 20 heavy (non-hydrogen) atoms. The quantitative estimate of drug-likeness (QED) is 0.486. The van der Waals surface area contributed by atoms with Crippen LogP contribution in [0.3, 0.4) is 0 Å². The Balaban J connectivity index is 2.51. The second-order valence-electron chi connectivity index (χ2n) is 4.23. The summed E-state index contributed by atoms with van der Waals surface area (Å²) in [5.41, 5.74) is 1.30. The van der Waals surface area contributed by atoms with Gasteiger partial charge in [0.1, 0.15) is 0 Å². The van der Waals surface area contributed by atoms with Gasteiger partial charge in [0.15, 0.2) is 0 Å². The molecular formula is C15H15NO3S. The van der Waals surface area contributed by atoms with Gasteiger partial charge in [0.25, 0.3) is 5.91 Å². The number of amides is 1. The van der Waals surface area contributed by atoms with Crippen LogP contribution < -0.4 is 0 Å². The zero-order chi connectivity index (χ0) is 14.7. The zero-order valence-electron chi connectivity index (χ0n) is 11.4. The minimum absolute atomic E-state index is 0.198. The number of esters is 1. The Morgan fingerprint density at radius 1 is 1.55 bits per heavy atom. The molecule has 0 fully saturated rings. The molecule has 1 aliphatic rings. The lowest BCUT2D eigenvalue weighted by Gasteiger charge is -2.14. The molecule has 1 aliphatic heterocycles. The number of carbonyl (C=O) groups is 2. The third kappa shape index (κ3) is 2.44. The van der Waals surface area contributed by atoms with E-state index in [9.17, 15) is 9.59 Å². The van der Waals surface area contributed by atoms with Crippen molar-refractivity contribution in [2.75, 3.05) is 13.7 Å². The van der Waals surface area contributed by atoms with E-state index in [2.05, 4.69) is 6.58 Å². The molecule has 0 aliphatic carbocycles. The van der Waals surface area contributed by atoms with Gasteiger partial charge in [0, 0.05) is 17.1 Å². The van der Waals surface area contributed by atoms with E-state index in [1.165, 1.54) is 23.3 Å². The third-order valence-electron chi connectivity index (χ3n) is 3.04. The van der Waals surface area contributed by atoms with E-state index in [-0.39, 0.29) is 5.91 Å². The first-order chi connectivity index (χ1) is 9.60. The highest BCUT2D eigenvalue weighted by molar-refractivity contribution is 7.10. The van der Waals surface area contributed by atoms with Crippen molar-refractivity contribution in [2.24, 2.45) is 0 Å². The first kappa shape index (κ1) is 14.3. The van der Waals surface area contributed by atoms with Crippen LogP contribution in [-0.2, 0) is 14.3 Å². The Hall–Kier alpha value is -2.14. The molecule has 0 N–H and O–H groups in total. The van der Waals surface area contributed by atoms with Crippen LogP contribution in [0, 0.1) is 0 Å². The van der Waals surface area contributed by atoms with Gasteiger partial charge < -0.3 is 9.64 Å². The van der Waals surface area contributed by atoms with Crippen molar-refractivity contribution in [2.45, 2.75) is 6.92 Å². The molecule has 0 unspecified atom stereocenters. The minimum atomic E-state index is -0.495. The van der Waals surface area contributed by atoms with Gasteiger partial charge in [-0.1, -0.05) is 12.1 Å². The fraction of sp³-hybridized carbons (Fsp3) is 0.200. The summed E-state index contributed by atoms with van der Waals surface area (Å²) in [5, 5.41) is 1.92. The van der Waals surface area contributed by atoms with E-state index in [1.54, 1.807) is 19.1 Å². The summed E-state index contributed by atoms with van der Waals surface area (Å²) in [6.07, 6.45) is 3.36. The molecule has 0 saturated heterocycles. The van der Waals surface area contributed by atoms with Crippen molar-refractivity contribution < 1.29 is 14.3 Å². The maximum atomic E-state index is 12.4. The Bertz CT molecular complexity index is 611. The number of methoxy groups -OCH3 is 1. The molecule has 1 aromatic rings. The Morgan fingerprint density at radius 3 is 2.85 bits per heavy atom. The topological polar surface area (TPSA) is 46.6 Å². The van der Waals surface area contributed by atoms with Gasteiger partial charge in [-0.2, -0.15) is 0 Å². The van der Waals surface area contributed by atoms with Gasteiger partial charge >= 0.3 is 5.97 Å². The van der Waals surface area contributed by atoms with Gasteiger partial charge in [-0.25, -0.2) is 4.79 Å². The Kier molecular flexibility index (Phi) is 4.20. The summed E-state index contributed by atoms with van der Waals surface area (Å²) in [6, 6.07) is 3.79. The number of hydrogen-bond donors (Lipinski definition) is 0. The number of ether oxygens (including phenoxy) is 1. The summed E-state index contributed by atoms with van der Waals surface area (Å²) in [5.74, 6) is -0.693. The van der Waals surface area contributed by atoms with Gasteiger partial charge in [-0.05, 0) is 24.4 Å². The standard InChI is InChI=1S/C15H15NO3S/c1-4-7-16-10(2)13(15(18)19-3)12(14(16)17)9-11-6-5-8-20-11/h4-6,8-9H,1,7H2,2-3H3/b12-9-. The maximum absolute atomic E-state index is 12.4. The normalized spacial score (nSPS) is 17.0. The predicted octanol–water partition coefficient (Wildman–Crippen LogP) is 2.61. The fourth-order valence-corrected chi connectivity index (χ4v) is 2.75. The number of carbonyl (C=O) groups excluding carboxylic acids is 2. The summed E-state index contributed by atoms with van der Waals surface area (Å²) in [6.45, 7) is 5.74. The van der Waals surface area contributed by atoms with Crippen LogP contribution in [0.5, 0.6) is 0 Å². The molecule has 2 heterocycles. The van der Waals surface area contributed by atoms with E-state index in [0.717, 1.165) is 4.88 Å². The van der Waals surface area contributed by atoms with Crippen molar-refractivity contribution in [3.63, 3.8) is 0 Å². The van der Waals surface area contributed by atoms with Crippen LogP contribution in [0.25, 0.3) is 6.08 Å². The second-order valence-corrected chi connectivity index (χ2v) is 5.21. The van der Waals surface area contributed by atoms with Crippen molar-refractivity contribution in [3.8, 4) is 0 Å². The Labute approximate surface area is 121 Å². The van der Waals surface area contributed by atoms with E-state index in [0.29, 0.717) is 23.4 Å². The molecular weight excluding hydrogens is 274 g/mol. The van der Waals surface area contributed by atoms with Crippen molar-refractivity contribution in [1.82, 2.24) is 4.90 Å². The number of thiophene rings is 1. The van der Waals surface area contributed by atoms with Crippen LogP contribution in [0.4, 0.5) is 0 Å². The van der Waals surface area contributed by atoms with Crippen molar-refractivity contribution in [3.05, 3.63) is 51.9 Å². The summed E-state index contributed by atoms with van der Waals surface area (Å²) in [7, 11) is 1.31. The molecule has 0 spiro atoms. The summed E-state index contributed by atoms with van der Waals surface area (Å²) in [4.78, 5) is 26.8. The molecule has 0 atom stereocenters. The van der Waals surface area contributed by atoms with E-state index >= 15 is 0 Å². The fourth-order valence-electron chi connectivity index (χ4n) is 2.09. The van der Waals surface area contributed by atoms with Gasteiger partial charge in [0.05, 0.1) is 18.3 Å². The molecule has 0 radical (unpaired) electrons. The second kappa shape index (κ2) is 5.88. The number of allylic oxidation sites excluding steroid dienone is 1. The van der Waals surface area contributed by atoms with Crippen LogP contribution in [0.2, 0.25) is 0 Å². The maximum Gasteiger partial charge on any atom is 0.340 e. The Morgan fingerprint density at radius 2 is 2.30 bits per heavy atom. The molecule has 1 amide bonds. The van der Waals surface area contributed by atoms with Gasteiger partial charge in [-0.15, -0.1) is 17.9 Å².